The van der Waals surface area contributed by atoms with Crippen molar-refractivity contribution in [3.63, 3.8) is 0 Å². The van der Waals surface area contributed by atoms with Gasteiger partial charge in [0.2, 0.25) is 11.8 Å². The molecule has 31 heavy (non-hydrogen) atoms. The van der Waals surface area contributed by atoms with E-state index in [1.54, 1.807) is 0 Å². The van der Waals surface area contributed by atoms with Gasteiger partial charge >= 0.3 is 6.18 Å². The molecule has 2 N–H and O–H groups in total. The molecule has 0 bridgehead atoms. The van der Waals surface area contributed by atoms with Gasteiger partial charge in [0.05, 0.1) is 28.0 Å². The molecule has 160 valence electrons. The SMILES string of the molecule is N#CC1=C(SCC(=O)Nc2cccc(C(F)(F)F)c2)NC(=O)C[C@H]1c1ccc(F)cc1. The molecule has 0 fully saturated rings. The van der Waals surface area contributed by atoms with Gasteiger partial charge in [-0.05, 0) is 35.9 Å². The summed E-state index contributed by atoms with van der Waals surface area (Å²) in [5.41, 5.74) is -0.108. The molecule has 0 radical (unpaired) electrons. The average molecular weight is 449 g/mol. The second-order valence-electron chi connectivity index (χ2n) is 6.63. The number of carbonyl (C=O) groups excluding carboxylic acids is 2. The zero-order chi connectivity index (χ0) is 22.6. The first kappa shape index (κ1) is 22.4. The van der Waals surface area contributed by atoms with Crippen molar-refractivity contribution in [3.8, 4) is 6.07 Å². The van der Waals surface area contributed by atoms with Crippen molar-refractivity contribution in [2.75, 3.05) is 11.1 Å². The third-order valence-corrected chi connectivity index (χ3v) is 5.47. The molecule has 0 spiro atoms. The van der Waals surface area contributed by atoms with Gasteiger partial charge in [0.1, 0.15) is 5.82 Å². The molecular formula is C21H15F4N3O2S. The zero-order valence-corrected chi connectivity index (χ0v) is 16.6. The predicted molar refractivity (Wildman–Crippen MR) is 107 cm³/mol. The number of hydrogen-bond acceptors (Lipinski definition) is 4. The zero-order valence-electron chi connectivity index (χ0n) is 15.8. The van der Waals surface area contributed by atoms with Crippen LogP contribution in [0.3, 0.4) is 0 Å². The molecular weight excluding hydrogens is 434 g/mol. The van der Waals surface area contributed by atoms with Crippen molar-refractivity contribution < 1.29 is 27.2 Å². The molecule has 1 aliphatic rings. The minimum absolute atomic E-state index is 0.00494. The van der Waals surface area contributed by atoms with Crippen LogP contribution in [0.1, 0.15) is 23.5 Å². The maximum Gasteiger partial charge on any atom is 0.416 e. The highest BCUT2D eigenvalue weighted by Gasteiger charge is 2.31. The van der Waals surface area contributed by atoms with Gasteiger partial charge in [0, 0.05) is 18.0 Å². The van der Waals surface area contributed by atoms with Gasteiger partial charge in [-0.1, -0.05) is 30.0 Å². The second-order valence-corrected chi connectivity index (χ2v) is 7.61. The summed E-state index contributed by atoms with van der Waals surface area (Å²) in [5, 5.41) is 14.7. The van der Waals surface area contributed by atoms with Gasteiger partial charge in [-0.15, -0.1) is 0 Å². The lowest BCUT2D eigenvalue weighted by Gasteiger charge is -2.25. The highest BCUT2D eigenvalue weighted by atomic mass is 32.2. The van der Waals surface area contributed by atoms with E-state index in [9.17, 15) is 32.4 Å². The summed E-state index contributed by atoms with van der Waals surface area (Å²) in [5.74, 6) is -2.25. The number of amides is 2. The minimum atomic E-state index is -4.54. The summed E-state index contributed by atoms with van der Waals surface area (Å²) in [7, 11) is 0. The van der Waals surface area contributed by atoms with Crippen LogP contribution in [0.2, 0.25) is 0 Å². The molecule has 1 aliphatic heterocycles. The fourth-order valence-corrected chi connectivity index (χ4v) is 3.90. The van der Waals surface area contributed by atoms with E-state index in [-0.39, 0.29) is 34.4 Å². The summed E-state index contributed by atoms with van der Waals surface area (Å²) in [6.07, 6.45) is -4.54. The van der Waals surface area contributed by atoms with Crippen molar-refractivity contribution in [2.24, 2.45) is 0 Å². The first-order valence-electron chi connectivity index (χ1n) is 8.97. The van der Waals surface area contributed by atoms with Gasteiger partial charge < -0.3 is 10.6 Å². The Morgan fingerprint density at radius 3 is 2.58 bits per heavy atom. The Hall–Kier alpha value is -3.32. The van der Waals surface area contributed by atoms with E-state index in [1.165, 1.54) is 36.4 Å². The molecule has 2 aromatic rings. The molecule has 1 heterocycles. The second kappa shape index (κ2) is 9.22. The number of hydrogen-bond donors (Lipinski definition) is 2. The molecule has 0 unspecified atom stereocenters. The monoisotopic (exact) mass is 449 g/mol. The quantitative estimate of drug-likeness (QED) is 0.656. The summed E-state index contributed by atoms with van der Waals surface area (Å²) >= 11 is 0.889. The molecule has 0 aliphatic carbocycles. The van der Waals surface area contributed by atoms with Crippen molar-refractivity contribution in [1.82, 2.24) is 5.32 Å². The number of thioether (sulfide) groups is 1. The van der Waals surface area contributed by atoms with Gasteiger partial charge in [-0.25, -0.2) is 4.39 Å². The van der Waals surface area contributed by atoms with E-state index >= 15 is 0 Å². The molecule has 10 heteroatoms. The third-order valence-electron chi connectivity index (χ3n) is 4.45. The Morgan fingerprint density at radius 1 is 1.23 bits per heavy atom. The molecule has 0 saturated carbocycles. The molecule has 0 saturated heterocycles. The number of benzene rings is 2. The fraction of sp³-hybridized carbons (Fsp3) is 0.190. The largest absolute Gasteiger partial charge is 0.416 e. The van der Waals surface area contributed by atoms with E-state index < -0.39 is 29.4 Å². The van der Waals surface area contributed by atoms with E-state index in [0.29, 0.717) is 5.56 Å². The number of rotatable bonds is 5. The van der Waals surface area contributed by atoms with Crippen LogP contribution in [-0.4, -0.2) is 17.6 Å². The van der Waals surface area contributed by atoms with Crippen LogP contribution in [0, 0.1) is 17.1 Å². The number of anilines is 1. The summed E-state index contributed by atoms with van der Waals surface area (Å²) in [6, 6.07) is 11.7. The van der Waals surface area contributed by atoms with Crippen molar-refractivity contribution in [1.29, 1.82) is 5.26 Å². The van der Waals surface area contributed by atoms with Crippen LogP contribution in [-0.2, 0) is 15.8 Å². The Labute approximate surface area is 179 Å². The number of nitrogens with one attached hydrogen (secondary N) is 2. The number of carbonyl (C=O) groups is 2. The van der Waals surface area contributed by atoms with E-state index in [1.807, 2.05) is 6.07 Å². The normalized spacial score (nSPS) is 16.5. The maximum atomic E-state index is 13.2. The highest BCUT2D eigenvalue weighted by Crippen LogP contribution is 2.36. The average Bonchev–Trinajstić information content (AvgIpc) is 2.72. The predicted octanol–water partition coefficient (Wildman–Crippen LogP) is 4.56. The Balaban J connectivity index is 1.73. The lowest BCUT2D eigenvalue weighted by molar-refractivity contribution is -0.137. The number of nitrogens with zero attached hydrogens (tertiary/aromatic N) is 1. The van der Waals surface area contributed by atoms with Crippen LogP contribution < -0.4 is 10.6 Å². The number of nitriles is 1. The van der Waals surface area contributed by atoms with Crippen LogP contribution in [0.25, 0.3) is 0 Å². The lowest BCUT2D eigenvalue weighted by atomic mass is 9.87. The summed E-state index contributed by atoms with van der Waals surface area (Å²) in [4.78, 5) is 24.3. The first-order valence-corrected chi connectivity index (χ1v) is 9.95. The maximum absolute atomic E-state index is 13.2. The fourth-order valence-electron chi connectivity index (χ4n) is 3.02. The number of halogens is 4. The molecule has 1 atom stereocenters. The molecule has 2 amide bonds. The Bertz CT molecular complexity index is 1080. The number of allylic oxidation sites excluding steroid dienone is 1. The van der Waals surface area contributed by atoms with Crippen LogP contribution in [0.5, 0.6) is 0 Å². The first-order chi connectivity index (χ1) is 14.7. The minimum Gasteiger partial charge on any atom is -0.325 e. The molecule has 0 aromatic heterocycles. The van der Waals surface area contributed by atoms with Crippen LogP contribution in [0.15, 0.2) is 59.1 Å². The number of alkyl halides is 3. The third kappa shape index (κ3) is 5.64. The topological polar surface area (TPSA) is 82.0 Å². The van der Waals surface area contributed by atoms with E-state index in [4.69, 9.17) is 0 Å². The van der Waals surface area contributed by atoms with Crippen molar-refractivity contribution >= 4 is 29.3 Å². The van der Waals surface area contributed by atoms with E-state index in [2.05, 4.69) is 10.6 Å². The van der Waals surface area contributed by atoms with Crippen LogP contribution in [0.4, 0.5) is 23.2 Å². The molecule has 5 nitrogen and oxygen atoms in total. The Morgan fingerprint density at radius 2 is 1.94 bits per heavy atom. The van der Waals surface area contributed by atoms with Crippen molar-refractivity contribution in [3.05, 3.63) is 76.1 Å². The standard InChI is InChI=1S/C21H15F4N3O2S/c22-14-6-4-12(5-7-14)16-9-18(29)28-20(17(16)10-26)31-11-19(30)27-15-3-1-2-13(8-15)21(23,24)25/h1-8,16H,9,11H2,(H,27,30)(H,28,29)/t16-/m0/s1. The van der Waals surface area contributed by atoms with Gasteiger partial charge in [-0.3, -0.25) is 9.59 Å². The van der Waals surface area contributed by atoms with Crippen molar-refractivity contribution in [2.45, 2.75) is 18.5 Å². The Kier molecular flexibility index (Phi) is 6.65. The summed E-state index contributed by atoms with van der Waals surface area (Å²) < 4.78 is 51.6. The molecule has 3 rings (SSSR count). The van der Waals surface area contributed by atoms with Gasteiger partial charge in [0.25, 0.3) is 0 Å². The molecule has 2 aromatic carbocycles. The summed E-state index contributed by atoms with van der Waals surface area (Å²) in [6.45, 7) is 0. The lowest BCUT2D eigenvalue weighted by Crippen LogP contribution is -2.31. The highest BCUT2D eigenvalue weighted by molar-refractivity contribution is 8.03. The van der Waals surface area contributed by atoms with Gasteiger partial charge in [0.15, 0.2) is 0 Å². The van der Waals surface area contributed by atoms with Crippen LogP contribution >= 0.6 is 11.8 Å². The van der Waals surface area contributed by atoms with Gasteiger partial charge in [-0.2, -0.15) is 18.4 Å². The van der Waals surface area contributed by atoms with E-state index in [0.717, 1.165) is 23.9 Å². The smallest absolute Gasteiger partial charge is 0.325 e.